The lowest BCUT2D eigenvalue weighted by Crippen LogP contribution is -2.47. The molecule has 0 aliphatic carbocycles. The molecule has 3 aromatic rings. The molecule has 1 saturated heterocycles. The Kier molecular flexibility index (Phi) is 5.38. The predicted molar refractivity (Wildman–Crippen MR) is 134 cm³/mol. The van der Waals surface area contributed by atoms with E-state index in [4.69, 9.17) is 18.9 Å². The van der Waals surface area contributed by atoms with Gasteiger partial charge in [0, 0.05) is 56.8 Å². The molecule has 1 fully saturated rings. The summed E-state index contributed by atoms with van der Waals surface area (Å²) >= 11 is 0. The lowest BCUT2D eigenvalue weighted by Gasteiger charge is -2.37. The molecule has 0 unspecified atom stereocenters. The number of ether oxygens (including phenoxy) is 4. The second kappa shape index (κ2) is 8.56. The number of hydrogen-bond donors (Lipinski definition) is 0. The van der Waals surface area contributed by atoms with Gasteiger partial charge in [0.15, 0.2) is 23.0 Å². The summed E-state index contributed by atoms with van der Waals surface area (Å²) in [7, 11) is 5.59. The van der Waals surface area contributed by atoms with Crippen LogP contribution in [0.2, 0.25) is 0 Å². The van der Waals surface area contributed by atoms with E-state index in [1.807, 2.05) is 0 Å². The fraction of sp³-hybridized carbons (Fsp3) is 0.407. The van der Waals surface area contributed by atoms with Crippen LogP contribution in [0.5, 0.6) is 23.0 Å². The van der Waals surface area contributed by atoms with Gasteiger partial charge >= 0.3 is 0 Å². The molecule has 0 radical (unpaired) electrons. The Balaban J connectivity index is 1.45. The largest absolute Gasteiger partial charge is 0.493 e. The smallest absolute Gasteiger partial charge is 0.231 e. The molecule has 34 heavy (non-hydrogen) atoms. The lowest BCUT2D eigenvalue weighted by atomic mass is 9.89. The van der Waals surface area contributed by atoms with Gasteiger partial charge in [-0.1, -0.05) is 12.1 Å². The standard InChI is InChI=1S/C27H31N3O4/c1-28-6-8-29(9-7-28)10-11-30-16-19-13-23(31-2)24(32-3)14-21(19)20-5-4-18-12-25-26(34-17-33-25)15-22(18)27(20)30/h4-5,12-15H,6-11,16-17H2,1-3H3. The Morgan fingerprint density at radius 2 is 1.56 bits per heavy atom. The molecule has 3 aromatic carbocycles. The molecule has 0 amide bonds. The van der Waals surface area contributed by atoms with Crippen LogP contribution in [0.3, 0.4) is 0 Å². The van der Waals surface area contributed by atoms with E-state index in [0.717, 1.165) is 74.2 Å². The van der Waals surface area contributed by atoms with Gasteiger partial charge in [0.1, 0.15) is 0 Å². The molecule has 6 rings (SSSR count). The molecule has 0 aromatic heterocycles. The zero-order chi connectivity index (χ0) is 23.2. The first-order valence-corrected chi connectivity index (χ1v) is 11.9. The highest BCUT2D eigenvalue weighted by atomic mass is 16.7. The van der Waals surface area contributed by atoms with Crippen molar-refractivity contribution in [2.45, 2.75) is 6.54 Å². The highest BCUT2D eigenvalue weighted by Crippen LogP contribution is 2.48. The third-order valence-electron chi connectivity index (χ3n) is 7.34. The average Bonchev–Trinajstić information content (AvgIpc) is 3.33. The average molecular weight is 462 g/mol. The normalized spacial score (nSPS) is 17.6. The van der Waals surface area contributed by atoms with Crippen molar-refractivity contribution in [1.82, 2.24) is 9.80 Å². The van der Waals surface area contributed by atoms with E-state index in [9.17, 15) is 0 Å². The lowest BCUT2D eigenvalue weighted by molar-refractivity contribution is 0.156. The highest BCUT2D eigenvalue weighted by Gasteiger charge is 2.28. The van der Waals surface area contributed by atoms with Crippen molar-refractivity contribution < 1.29 is 18.9 Å². The quantitative estimate of drug-likeness (QED) is 0.572. The maximum atomic E-state index is 5.74. The van der Waals surface area contributed by atoms with Gasteiger partial charge in [0.2, 0.25) is 6.79 Å². The minimum absolute atomic E-state index is 0.279. The Bertz CT molecular complexity index is 1240. The number of likely N-dealkylation sites (N-methyl/N-ethyl adjacent to an activating group) is 1. The third-order valence-corrected chi connectivity index (χ3v) is 7.34. The fourth-order valence-electron chi connectivity index (χ4n) is 5.37. The van der Waals surface area contributed by atoms with Crippen molar-refractivity contribution in [3.63, 3.8) is 0 Å². The number of piperazine rings is 1. The molecule has 0 N–H and O–H groups in total. The van der Waals surface area contributed by atoms with E-state index < -0.39 is 0 Å². The summed E-state index contributed by atoms with van der Waals surface area (Å²) in [5.74, 6) is 3.16. The summed E-state index contributed by atoms with van der Waals surface area (Å²) in [6, 6.07) is 12.9. The molecular weight excluding hydrogens is 430 g/mol. The molecule has 0 spiro atoms. The highest BCUT2D eigenvalue weighted by molar-refractivity contribution is 6.05. The molecule has 178 valence electrons. The molecule has 3 aliphatic heterocycles. The van der Waals surface area contributed by atoms with Crippen LogP contribution in [0.25, 0.3) is 21.9 Å². The van der Waals surface area contributed by atoms with Crippen LogP contribution < -0.4 is 23.8 Å². The molecule has 7 nitrogen and oxygen atoms in total. The molecule has 3 aliphatic rings. The van der Waals surface area contributed by atoms with E-state index in [1.165, 1.54) is 27.8 Å². The van der Waals surface area contributed by atoms with Crippen LogP contribution in [-0.4, -0.2) is 77.1 Å². The third kappa shape index (κ3) is 3.60. The van der Waals surface area contributed by atoms with Crippen LogP contribution >= 0.6 is 0 Å². The van der Waals surface area contributed by atoms with Crippen LogP contribution in [0, 0.1) is 0 Å². The number of anilines is 1. The van der Waals surface area contributed by atoms with Crippen molar-refractivity contribution in [3.8, 4) is 34.1 Å². The predicted octanol–water partition coefficient (Wildman–Crippen LogP) is 3.82. The van der Waals surface area contributed by atoms with Crippen LogP contribution in [-0.2, 0) is 6.54 Å². The first-order chi connectivity index (χ1) is 16.6. The Labute approximate surface area is 200 Å². The van der Waals surface area contributed by atoms with Gasteiger partial charge < -0.3 is 28.7 Å². The van der Waals surface area contributed by atoms with Gasteiger partial charge in [0.05, 0.1) is 19.9 Å². The SMILES string of the molecule is COc1cc2c(cc1OC)-c1ccc3cc4c(cc3c1N(CCN1CCN(C)CC1)C2)OCO4. The van der Waals surface area contributed by atoms with Crippen molar-refractivity contribution in [1.29, 1.82) is 0 Å². The van der Waals surface area contributed by atoms with E-state index in [2.05, 4.69) is 58.1 Å². The van der Waals surface area contributed by atoms with Crippen molar-refractivity contribution in [3.05, 3.63) is 42.0 Å². The van der Waals surface area contributed by atoms with Gasteiger partial charge in [-0.05, 0) is 47.8 Å². The minimum atomic E-state index is 0.279. The number of hydrogen-bond acceptors (Lipinski definition) is 7. The topological polar surface area (TPSA) is 46.6 Å². The first kappa shape index (κ1) is 21.4. The van der Waals surface area contributed by atoms with Crippen LogP contribution in [0.4, 0.5) is 5.69 Å². The molecule has 3 heterocycles. The first-order valence-electron chi connectivity index (χ1n) is 11.9. The molecule has 0 atom stereocenters. The number of methoxy groups -OCH3 is 2. The Morgan fingerprint density at radius 1 is 0.824 bits per heavy atom. The fourth-order valence-corrected chi connectivity index (χ4v) is 5.37. The second-order valence-corrected chi connectivity index (χ2v) is 9.32. The van der Waals surface area contributed by atoms with Gasteiger partial charge in [-0.3, -0.25) is 4.90 Å². The summed E-state index contributed by atoms with van der Waals surface area (Å²) in [4.78, 5) is 7.49. The zero-order valence-corrected chi connectivity index (χ0v) is 20.1. The van der Waals surface area contributed by atoms with Gasteiger partial charge in [0.25, 0.3) is 0 Å². The number of nitrogens with zero attached hydrogens (tertiary/aromatic N) is 3. The molecule has 0 saturated carbocycles. The van der Waals surface area contributed by atoms with Gasteiger partial charge in [-0.15, -0.1) is 0 Å². The van der Waals surface area contributed by atoms with Crippen LogP contribution in [0.15, 0.2) is 36.4 Å². The summed E-state index contributed by atoms with van der Waals surface area (Å²) in [6.07, 6.45) is 0. The maximum absolute atomic E-state index is 5.74. The van der Waals surface area contributed by atoms with E-state index >= 15 is 0 Å². The second-order valence-electron chi connectivity index (χ2n) is 9.32. The summed E-state index contributed by atoms with van der Waals surface area (Å²) < 4.78 is 22.7. The Morgan fingerprint density at radius 3 is 2.32 bits per heavy atom. The molecule has 0 bridgehead atoms. The molecular formula is C27H31N3O4. The minimum Gasteiger partial charge on any atom is -0.493 e. The number of benzene rings is 3. The monoisotopic (exact) mass is 461 g/mol. The van der Waals surface area contributed by atoms with E-state index in [-0.39, 0.29) is 6.79 Å². The maximum Gasteiger partial charge on any atom is 0.231 e. The summed E-state index contributed by atoms with van der Waals surface area (Å²) in [6.45, 7) is 7.59. The van der Waals surface area contributed by atoms with Crippen molar-refractivity contribution >= 4 is 16.5 Å². The zero-order valence-electron chi connectivity index (χ0n) is 20.1. The summed E-state index contributed by atoms with van der Waals surface area (Å²) in [5.41, 5.74) is 4.92. The van der Waals surface area contributed by atoms with Gasteiger partial charge in [-0.2, -0.15) is 0 Å². The van der Waals surface area contributed by atoms with Crippen molar-refractivity contribution in [2.75, 3.05) is 72.2 Å². The van der Waals surface area contributed by atoms with Crippen LogP contribution in [0.1, 0.15) is 5.56 Å². The number of fused-ring (bicyclic) bond motifs is 6. The number of rotatable bonds is 5. The van der Waals surface area contributed by atoms with Crippen molar-refractivity contribution in [2.24, 2.45) is 0 Å². The Hall–Kier alpha value is -3.16. The summed E-state index contributed by atoms with van der Waals surface area (Å²) in [5, 5.41) is 2.36. The molecule has 7 heteroatoms. The van der Waals surface area contributed by atoms with E-state index in [0.29, 0.717) is 0 Å². The van der Waals surface area contributed by atoms with Gasteiger partial charge in [-0.25, -0.2) is 0 Å². The van der Waals surface area contributed by atoms with E-state index in [1.54, 1.807) is 14.2 Å².